The normalized spacial score (nSPS) is 23.6. The third-order valence-corrected chi connectivity index (χ3v) is 4.95. The average molecular weight is 302 g/mol. The van der Waals surface area contributed by atoms with Gasteiger partial charge in [-0.05, 0) is 24.0 Å². The lowest BCUT2D eigenvalue weighted by Crippen LogP contribution is -2.49. The van der Waals surface area contributed by atoms with Crippen molar-refractivity contribution in [3.8, 4) is 0 Å². The molecule has 1 heterocycles. The Labute approximate surface area is 132 Å². The fourth-order valence-electron chi connectivity index (χ4n) is 3.55. The Balaban J connectivity index is 1.51. The molecule has 0 saturated heterocycles. The van der Waals surface area contributed by atoms with Crippen LogP contribution in [-0.4, -0.2) is 18.0 Å². The van der Waals surface area contributed by atoms with Gasteiger partial charge in [0.05, 0.1) is 19.1 Å². The Kier molecular flexibility index (Phi) is 4.79. The van der Waals surface area contributed by atoms with Crippen molar-refractivity contribution in [1.82, 2.24) is 5.32 Å². The van der Waals surface area contributed by atoms with Crippen molar-refractivity contribution in [1.29, 1.82) is 0 Å². The van der Waals surface area contributed by atoms with Crippen molar-refractivity contribution in [2.75, 3.05) is 6.54 Å². The van der Waals surface area contributed by atoms with Crippen molar-refractivity contribution in [3.05, 3.63) is 35.4 Å². The standard InChI is InChI=1S/C18H26N2O2/c19-18(9-5-1-2-6-10-18)13-20-17(21)11-16-15-8-4-3-7-14(15)12-22-16/h3-4,7-8,16H,1-2,5-6,9-13,19H2,(H,20,21)/t16-/m0/s1. The first-order chi connectivity index (χ1) is 10.7. The fourth-order valence-corrected chi connectivity index (χ4v) is 3.55. The Morgan fingerprint density at radius 3 is 2.73 bits per heavy atom. The minimum atomic E-state index is -0.222. The van der Waals surface area contributed by atoms with Crippen molar-refractivity contribution in [2.45, 2.75) is 63.2 Å². The van der Waals surface area contributed by atoms with Gasteiger partial charge in [-0.3, -0.25) is 4.79 Å². The van der Waals surface area contributed by atoms with Gasteiger partial charge in [-0.25, -0.2) is 0 Å². The molecule has 1 aliphatic heterocycles. The predicted octanol–water partition coefficient (Wildman–Crippen LogP) is 2.82. The minimum Gasteiger partial charge on any atom is -0.368 e. The van der Waals surface area contributed by atoms with Crippen molar-refractivity contribution >= 4 is 5.91 Å². The zero-order valence-electron chi connectivity index (χ0n) is 13.1. The zero-order chi connectivity index (χ0) is 15.4. The fraction of sp³-hybridized carbons (Fsp3) is 0.611. The van der Waals surface area contributed by atoms with Crippen LogP contribution in [0, 0.1) is 0 Å². The Bertz CT molecular complexity index is 522. The molecule has 3 rings (SSSR count). The third kappa shape index (κ3) is 3.68. The number of carbonyl (C=O) groups is 1. The number of fused-ring (bicyclic) bond motifs is 1. The Hall–Kier alpha value is -1.39. The molecule has 1 fully saturated rings. The lowest BCUT2D eigenvalue weighted by Gasteiger charge is -2.28. The molecule has 1 aromatic carbocycles. The van der Waals surface area contributed by atoms with Gasteiger partial charge in [0, 0.05) is 12.1 Å². The summed E-state index contributed by atoms with van der Waals surface area (Å²) >= 11 is 0. The smallest absolute Gasteiger partial charge is 0.223 e. The summed E-state index contributed by atoms with van der Waals surface area (Å²) in [5.41, 5.74) is 8.57. The molecule has 0 spiro atoms. The largest absolute Gasteiger partial charge is 0.368 e. The summed E-state index contributed by atoms with van der Waals surface area (Å²) in [5.74, 6) is 0.0378. The van der Waals surface area contributed by atoms with Gasteiger partial charge in [0.1, 0.15) is 0 Å². The summed E-state index contributed by atoms with van der Waals surface area (Å²) in [6.45, 7) is 1.19. The first-order valence-corrected chi connectivity index (χ1v) is 8.41. The SMILES string of the molecule is NC1(CNC(=O)C[C@@H]2OCc3ccccc32)CCCCCC1. The molecule has 0 unspecified atom stereocenters. The molecule has 4 nitrogen and oxygen atoms in total. The highest BCUT2D eigenvalue weighted by molar-refractivity contribution is 5.77. The molecule has 4 heteroatoms. The molecule has 120 valence electrons. The number of carbonyl (C=O) groups excluding carboxylic acids is 1. The third-order valence-electron chi connectivity index (χ3n) is 4.95. The highest BCUT2D eigenvalue weighted by Crippen LogP contribution is 2.32. The lowest BCUT2D eigenvalue weighted by molar-refractivity contribution is -0.124. The van der Waals surface area contributed by atoms with Gasteiger partial charge in [-0.2, -0.15) is 0 Å². The number of nitrogens with two attached hydrogens (primary N) is 1. The van der Waals surface area contributed by atoms with Crippen LogP contribution in [-0.2, 0) is 16.1 Å². The van der Waals surface area contributed by atoms with Gasteiger partial charge in [-0.15, -0.1) is 0 Å². The highest BCUT2D eigenvalue weighted by atomic mass is 16.5. The van der Waals surface area contributed by atoms with E-state index in [0.717, 1.165) is 18.4 Å². The van der Waals surface area contributed by atoms with Gasteiger partial charge in [0.25, 0.3) is 0 Å². The quantitative estimate of drug-likeness (QED) is 0.841. The van der Waals surface area contributed by atoms with E-state index in [1.165, 1.54) is 31.2 Å². The van der Waals surface area contributed by atoms with Crippen molar-refractivity contribution < 1.29 is 9.53 Å². The number of hydrogen-bond acceptors (Lipinski definition) is 3. The van der Waals surface area contributed by atoms with Crippen LogP contribution in [0.4, 0.5) is 0 Å². The first kappa shape index (κ1) is 15.5. The summed E-state index contributed by atoms with van der Waals surface area (Å²) in [5, 5.41) is 3.03. The monoisotopic (exact) mass is 302 g/mol. The zero-order valence-corrected chi connectivity index (χ0v) is 13.1. The molecule has 1 saturated carbocycles. The molecule has 22 heavy (non-hydrogen) atoms. The maximum atomic E-state index is 12.2. The molecular weight excluding hydrogens is 276 g/mol. The van der Waals surface area contributed by atoms with E-state index >= 15 is 0 Å². The molecular formula is C18H26N2O2. The van der Waals surface area contributed by atoms with Gasteiger partial charge in [0.15, 0.2) is 0 Å². The second-order valence-corrected chi connectivity index (χ2v) is 6.76. The number of nitrogens with one attached hydrogen (secondary N) is 1. The maximum absolute atomic E-state index is 12.2. The molecule has 0 radical (unpaired) electrons. The van der Waals surface area contributed by atoms with Crippen LogP contribution < -0.4 is 11.1 Å². The van der Waals surface area contributed by atoms with E-state index < -0.39 is 0 Å². The predicted molar refractivity (Wildman–Crippen MR) is 86.2 cm³/mol. The molecule has 3 N–H and O–H groups in total. The van der Waals surface area contributed by atoms with Gasteiger partial charge >= 0.3 is 0 Å². The van der Waals surface area contributed by atoms with Gasteiger partial charge in [0.2, 0.25) is 5.91 Å². The van der Waals surface area contributed by atoms with Crippen LogP contribution in [0.2, 0.25) is 0 Å². The summed E-state index contributed by atoms with van der Waals surface area (Å²) in [7, 11) is 0. The van der Waals surface area contributed by atoms with E-state index in [4.69, 9.17) is 10.5 Å². The summed E-state index contributed by atoms with van der Waals surface area (Å²) in [6, 6.07) is 8.12. The maximum Gasteiger partial charge on any atom is 0.223 e. The van der Waals surface area contributed by atoms with Crippen LogP contribution in [0.25, 0.3) is 0 Å². The van der Waals surface area contributed by atoms with E-state index in [9.17, 15) is 4.79 Å². The summed E-state index contributed by atoms with van der Waals surface area (Å²) in [4.78, 5) is 12.2. The highest BCUT2D eigenvalue weighted by Gasteiger charge is 2.28. The number of hydrogen-bond donors (Lipinski definition) is 2. The van der Waals surface area contributed by atoms with E-state index in [0.29, 0.717) is 19.6 Å². The molecule has 2 aliphatic rings. The van der Waals surface area contributed by atoms with Crippen molar-refractivity contribution in [3.63, 3.8) is 0 Å². The van der Waals surface area contributed by atoms with E-state index in [2.05, 4.69) is 17.4 Å². The second-order valence-electron chi connectivity index (χ2n) is 6.76. The molecule has 1 amide bonds. The minimum absolute atomic E-state index is 0.0378. The average Bonchev–Trinajstić information content (AvgIpc) is 2.79. The Morgan fingerprint density at radius 1 is 1.23 bits per heavy atom. The molecule has 1 aromatic rings. The van der Waals surface area contributed by atoms with Crippen LogP contribution in [0.5, 0.6) is 0 Å². The van der Waals surface area contributed by atoms with E-state index in [1.54, 1.807) is 0 Å². The summed E-state index contributed by atoms with van der Waals surface area (Å²) < 4.78 is 5.74. The molecule has 1 atom stereocenters. The molecule has 0 bridgehead atoms. The van der Waals surface area contributed by atoms with Gasteiger partial charge in [-0.1, -0.05) is 49.9 Å². The number of amides is 1. The Morgan fingerprint density at radius 2 is 1.95 bits per heavy atom. The van der Waals surface area contributed by atoms with Crippen LogP contribution in [0.3, 0.4) is 0 Å². The van der Waals surface area contributed by atoms with Crippen LogP contribution >= 0.6 is 0 Å². The number of ether oxygens (including phenoxy) is 1. The van der Waals surface area contributed by atoms with E-state index in [1.807, 2.05) is 12.1 Å². The molecule has 0 aromatic heterocycles. The van der Waals surface area contributed by atoms with Crippen LogP contribution in [0.1, 0.15) is 62.2 Å². The number of rotatable bonds is 4. The second kappa shape index (κ2) is 6.80. The van der Waals surface area contributed by atoms with Crippen LogP contribution in [0.15, 0.2) is 24.3 Å². The van der Waals surface area contributed by atoms with E-state index in [-0.39, 0.29) is 17.6 Å². The number of benzene rings is 1. The molecule has 1 aliphatic carbocycles. The first-order valence-electron chi connectivity index (χ1n) is 8.41. The summed E-state index contributed by atoms with van der Waals surface area (Å²) in [6.07, 6.45) is 7.16. The lowest BCUT2D eigenvalue weighted by atomic mass is 9.91. The van der Waals surface area contributed by atoms with Gasteiger partial charge < -0.3 is 15.8 Å². The topological polar surface area (TPSA) is 64.3 Å². The van der Waals surface area contributed by atoms with Crippen molar-refractivity contribution in [2.24, 2.45) is 5.73 Å².